The van der Waals surface area contributed by atoms with Crippen molar-refractivity contribution in [2.45, 2.75) is 49.6 Å². The summed E-state index contributed by atoms with van der Waals surface area (Å²) in [6, 6.07) is 1.30. The molecule has 6 rings (SSSR count). The summed E-state index contributed by atoms with van der Waals surface area (Å²) in [5.74, 6) is 0.316. The van der Waals surface area contributed by atoms with Crippen LogP contribution in [0.15, 0.2) is 21.5 Å². The molecule has 1 aromatic heterocycles. The fraction of sp³-hybridized carbons (Fsp3) is 0.524. The van der Waals surface area contributed by atoms with Gasteiger partial charge in [0, 0.05) is 24.2 Å². The predicted molar refractivity (Wildman–Crippen MR) is 117 cm³/mol. The molecule has 2 atom stereocenters. The zero-order chi connectivity index (χ0) is 22.1. The molecule has 1 spiro atoms. The Bertz CT molecular complexity index is 1260. The average molecular weight is 459 g/mol. The second-order valence-electron chi connectivity index (χ2n) is 9.32. The van der Waals surface area contributed by atoms with E-state index in [1.54, 1.807) is 4.68 Å². The number of aliphatic hydroxyl groups is 1. The van der Waals surface area contributed by atoms with Crippen molar-refractivity contribution in [1.82, 2.24) is 15.1 Å². The summed E-state index contributed by atoms with van der Waals surface area (Å²) in [7, 11) is -3.55. The van der Waals surface area contributed by atoms with Crippen LogP contribution in [0.3, 0.4) is 0 Å². The number of amides is 2. The monoisotopic (exact) mass is 458 g/mol. The van der Waals surface area contributed by atoms with Crippen LogP contribution in [0.25, 0.3) is 0 Å². The van der Waals surface area contributed by atoms with E-state index >= 15 is 0 Å². The molecule has 1 aromatic carbocycles. The minimum Gasteiger partial charge on any atom is -0.476 e. The number of nitrogens with one attached hydrogen (secondary N) is 2. The Morgan fingerprint density at radius 3 is 3.00 bits per heavy atom. The van der Waals surface area contributed by atoms with Gasteiger partial charge in [-0.3, -0.25) is 0 Å². The van der Waals surface area contributed by atoms with E-state index in [1.165, 1.54) is 6.20 Å². The second-order valence-corrected chi connectivity index (χ2v) is 11.1. The average Bonchev–Trinajstić information content (AvgIpc) is 3.44. The number of nitrogens with zero attached hydrogens (tertiary/aromatic N) is 3. The number of aromatic nitrogens is 2. The Balaban J connectivity index is 1.31. The van der Waals surface area contributed by atoms with Gasteiger partial charge in [0.1, 0.15) is 4.90 Å². The summed E-state index contributed by atoms with van der Waals surface area (Å²) < 4.78 is 24.6. The first-order valence-corrected chi connectivity index (χ1v) is 12.5. The molecule has 1 fully saturated rings. The zero-order valence-corrected chi connectivity index (χ0v) is 18.4. The maximum absolute atomic E-state index is 13.3. The Kier molecular flexibility index (Phi) is 4.42. The molecule has 5 N–H and O–H groups in total. The molecule has 0 saturated carbocycles. The van der Waals surface area contributed by atoms with Crippen LogP contribution in [0.2, 0.25) is 0 Å². The maximum atomic E-state index is 13.3. The molecule has 1 saturated heterocycles. The number of benzene rings is 1. The molecule has 2 aliphatic carbocycles. The van der Waals surface area contributed by atoms with Gasteiger partial charge in [-0.15, -0.1) is 4.36 Å². The van der Waals surface area contributed by atoms with Crippen LogP contribution in [-0.4, -0.2) is 44.8 Å². The normalized spacial score (nSPS) is 24.0. The van der Waals surface area contributed by atoms with Gasteiger partial charge < -0.3 is 20.5 Å². The first-order chi connectivity index (χ1) is 15.4. The largest absolute Gasteiger partial charge is 0.476 e. The SMILES string of the molecule is NS(=O)(=NC(=O)Nc1c2c(cc3c1CCC3O)CCC2)c1cnn2c1OCC1(CNC1)C2. The van der Waals surface area contributed by atoms with E-state index in [1.807, 2.05) is 0 Å². The van der Waals surface area contributed by atoms with Crippen molar-refractivity contribution in [1.29, 1.82) is 0 Å². The summed E-state index contributed by atoms with van der Waals surface area (Å²) in [5, 5.41) is 26.7. The van der Waals surface area contributed by atoms with E-state index in [2.05, 4.69) is 26.2 Å². The van der Waals surface area contributed by atoms with E-state index in [4.69, 9.17) is 9.88 Å². The van der Waals surface area contributed by atoms with Crippen LogP contribution in [0.5, 0.6) is 5.88 Å². The predicted octanol–water partition coefficient (Wildman–Crippen LogP) is 1.27. The van der Waals surface area contributed by atoms with Gasteiger partial charge in [-0.1, -0.05) is 6.07 Å². The number of nitrogens with two attached hydrogens (primary N) is 1. The zero-order valence-electron chi connectivity index (χ0n) is 17.6. The third kappa shape index (κ3) is 3.06. The van der Waals surface area contributed by atoms with Crippen molar-refractivity contribution in [3.05, 3.63) is 34.5 Å². The van der Waals surface area contributed by atoms with Gasteiger partial charge in [0.15, 0.2) is 9.92 Å². The number of anilines is 1. The minimum atomic E-state index is -3.55. The summed E-state index contributed by atoms with van der Waals surface area (Å²) >= 11 is 0. The minimum absolute atomic E-state index is 0.00108. The Labute approximate surface area is 185 Å². The number of hydrogen-bond acceptors (Lipinski definition) is 6. The number of urea groups is 1. The standard InChI is InChI=1S/C21H26N6O4S/c22-32(30,17-7-24-27-10-21(8-23-9-21)11-31-19(17)27)26-20(29)25-18-13-3-1-2-12(13)6-15-14(18)4-5-16(15)28/h6-7,16,23,28H,1-5,8-11H2,(H3,22,25,26,29,30). The lowest BCUT2D eigenvalue weighted by Gasteiger charge is -2.44. The van der Waals surface area contributed by atoms with E-state index < -0.39 is 22.1 Å². The smallest absolute Gasteiger partial charge is 0.354 e. The second kappa shape index (κ2) is 7.01. The molecule has 4 aliphatic rings. The van der Waals surface area contributed by atoms with Crippen molar-refractivity contribution in [3.8, 4) is 5.88 Å². The highest BCUT2D eigenvalue weighted by Crippen LogP contribution is 2.42. The van der Waals surface area contributed by atoms with Crippen molar-refractivity contribution in [3.63, 3.8) is 0 Å². The van der Waals surface area contributed by atoms with Gasteiger partial charge in [-0.25, -0.2) is 18.8 Å². The van der Waals surface area contributed by atoms with Crippen molar-refractivity contribution >= 4 is 21.6 Å². The molecular formula is C21H26N6O4S. The first kappa shape index (κ1) is 20.2. The molecular weight excluding hydrogens is 432 g/mol. The first-order valence-electron chi connectivity index (χ1n) is 11.0. The molecule has 0 radical (unpaired) electrons. The molecule has 170 valence electrons. The fourth-order valence-corrected chi connectivity index (χ4v) is 6.37. The Morgan fingerprint density at radius 1 is 1.38 bits per heavy atom. The number of ether oxygens (including phenoxy) is 1. The highest BCUT2D eigenvalue weighted by atomic mass is 32.2. The molecule has 32 heavy (non-hydrogen) atoms. The number of rotatable bonds is 2. The van der Waals surface area contributed by atoms with Gasteiger partial charge in [-0.05, 0) is 54.4 Å². The molecule has 2 aromatic rings. The van der Waals surface area contributed by atoms with Gasteiger partial charge in [-0.2, -0.15) is 5.10 Å². The number of hydrogen-bond donors (Lipinski definition) is 4. The van der Waals surface area contributed by atoms with Crippen molar-refractivity contribution in [2.24, 2.45) is 14.9 Å². The van der Waals surface area contributed by atoms with E-state index in [0.29, 0.717) is 37.6 Å². The lowest BCUT2D eigenvalue weighted by atomic mass is 9.82. The van der Waals surface area contributed by atoms with Gasteiger partial charge in [0.05, 0.1) is 25.5 Å². The summed E-state index contributed by atoms with van der Waals surface area (Å²) in [6.07, 6.45) is 4.94. The van der Waals surface area contributed by atoms with E-state index in [0.717, 1.165) is 54.6 Å². The van der Waals surface area contributed by atoms with Crippen LogP contribution in [-0.2, 0) is 35.7 Å². The number of aliphatic hydroxyl groups excluding tert-OH is 1. The van der Waals surface area contributed by atoms with Gasteiger partial charge in [0.2, 0.25) is 5.88 Å². The van der Waals surface area contributed by atoms with Crippen LogP contribution in [0, 0.1) is 5.41 Å². The highest BCUT2D eigenvalue weighted by Gasteiger charge is 2.43. The van der Waals surface area contributed by atoms with Gasteiger partial charge in [0.25, 0.3) is 0 Å². The van der Waals surface area contributed by atoms with E-state index in [9.17, 15) is 14.1 Å². The summed E-state index contributed by atoms with van der Waals surface area (Å²) in [4.78, 5) is 13.0. The number of carbonyl (C=O) groups excluding carboxylic acids is 1. The van der Waals surface area contributed by atoms with Gasteiger partial charge >= 0.3 is 6.03 Å². The molecule has 2 aliphatic heterocycles. The third-order valence-corrected chi connectivity index (χ3v) is 8.44. The number of aryl methyl sites for hydroxylation is 1. The Hall–Kier alpha value is -2.47. The maximum Gasteiger partial charge on any atom is 0.354 e. The topological polar surface area (TPSA) is 144 Å². The molecule has 2 unspecified atom stereocenters. The van der Waals surface area contributed by atoms with Crippen LogP contribution in [0.1, 0.15) is 41.2 Å². The number of fused-ring (bicyclic) bond motifs is 3. The molecule has 2 amide bonds. The molecule has 10 nitrogen and oxygen atoms in total. The number of carbonyl (C=O) groups is 1. The lowest BCUT2D eigenvalue weighted by molar-refractivity contribution is 0.0213. The molecule has 11 heteroatoms. The Morgan fingerprint density at radius 2 is 2.22 bits per heavy atom. The quantitative estimate of drug-likeness (QED) is 0.533. The molecule has 0 bridgehead atoms. The van der Waals surface area contributed by atoms with Crippen molar-refractivity contribution in [2.75, 3.05) is 25.0 Å². The van der Waals surface area contributed by atoms with Crippen LogP contribution in [0.4, 0.5) is 10.5 Å². The van der Waals surface area contributed by atoms with E-state index in [-0.39, 0.29) is 10.3 Å². The summed E-state index contributed by atoms with van der Waals surface area (Å²) in [6.45, 7) is 2.80. The van der Waals surface area contributed by atoms with Crippen molar-refractivity contribution < 1.29 is 18.8 Å². The summed E-state index contributed by atoms with van der Waals surface area (Å²) in [5.41, 5.74) is 4.73. The fourth-order valence-electron chi connectivity index (χ4n) is 5.36. The van der Waals surface area contributed by atoms with Crippen LogP contribution < -0.4 is 20.5 Å². The van der Waals surface area contributed by atoms with Crippen LogP contribution >= 0.6 is 0 Å². The third-order valence-electron chi connectivity index (χ3n) is 7.09. The highest BCUT2D eigenvalue weighted by molar-refractivity contribution is 7.91. The lowest BCUT2D eigenvalue weighted by Crippen LogP contribution is -2.60. The molecule has 3 heterocycles.